The number of H-pyrrole nitrogens is 1. The third-order valence-electron chi connectivity index (χ3n) is 4.45. The molecule has 0 bridgehead atoms. The standard InChI is InChI=1S/C16H23N5O3S/c1-3-21-15(18-19-16(21)22)13-5-4-8-20(10-13)14-7-6-12(9-17-14)11-25(2,23)24/h6-7,9,13H,3-5,8,10-11H2,1-2H3,(H,19,22)/t13-/m1/s1. The van der Waals surface area contributed by atoms with E-state index in [1.165, 1.54) is 6.26 Å². The second-order valence-electron chi connectivity index (χ2n) is 6.51. The summed E-state index contributed by atoms with van der Waals surface area (Å²) in [5.74, 6) is 1.79. The molecule has 25 heavy (non-hydrogen) atoms. The Morgan fingerprint density at radius 3 is 2.80 bits per heavy atom. The maximum absolute atomic E-state index is 11.8. The average molecular weight is 365 g/mol. The van der Waals surface area contributed by atoms with Gasteiger partial charge in [0.1, 0.15) is 11.6 Å². The van der Waals surface area contributed by atoms with Crippen LogP contribution in [0.25, 0.3) is 0 Å². The first-order valence-corrected chi connectivity index (χ1v) is 10.5. The number of hydrogen-bond donors (Lipinski definition) is 1. The first kappa shape index (κ1) is 17.7. The average Bonchev–Trinajstić information content (AvgIpc) is 2.95. The summed E-state index contributed by atoms with van der Waals surface area (Å²) in [6.45, 7) is 4.15. The maximum Gasteiger partial charge on any atom is 0.343 e. The zero-order valence-electron chi connectivity index (χ0n) is 14.5. The maximum atomic E-state index is 11.8. The number of pyridine rings is 1. The number of aromatic amines is 1. The Kier molecular flexibility index (Phi) is 4.94. The van der Waals surface area contributed by atoms with Crippen LogP contribution in [0.2, 0.25) is 0 Å². The fourth-order valence-electron chi connectivity index (χ4n) is 3.33. The van der Waals surface area contributed by atoms with Crippen LogP contribution in [0.15, 0.2) is 23.1 Å². The predicted octanol–water partition coefficient (Wildman–Crippen LogP) is 0.915. The van der Waals surface area contributed by atoms with Crippen LogP contribution in [0.4, 0.5) is 5.82 Å². The van der Waals surface area contributed by atoms with E-state index in [4.69, 9.17) is 0 Å². The summed E-state index contributed by atoms with van der Waals surface area (Å²) in [7, 11) is -3.06. The van der Waals surface area contributed by atoms with Crippen LogP contribution in [-0.4, -0.2) is 47.5 Å². The molecule has 1 fully saturated rings. The predicted molar refractivity (Wildman–Crippen MR) is 95.5 cm³/mol. The van der Waals surface area contributed by atoms with Crippen LogP contribution in [-0.2, 0) is 22.1 Å². The van der Waals surface area contributed by atoms with Gasteiger partial charge in [-0.05, 0) is 31.4 Å². The molecule has 9 heteroatoms. The van der Waals surface area contributed by atoms with Gasteiger partial charge in [-0.3, -0.25) is 4.57 Å². The minimum Gasteiger partial charge on any atom is -0.356 e. The first-order valence-electron chi connectivity index (χ1n) is 8.40. The highest BCUT2D eigenvalue weighted by molar-refractivity contribution is 7.89. The molecule has 0 spiro atoms. The van der Waals surface area contributed by atoms with Crippen molar-refractivity contribution >= 4 is 15.7 Å². The molecule has 1 N–H and O–H groups in total. The van der Waals surface area contributed by atoms with Gasteiger partial charge in [0.2, 0.25) is 0 Å². The lowest BCUT2D eigenvalue weighted by Crippen LogP contribution is -2.36. The fraction of sp³-hybridized carbons (Fsp3) is 0.562. The molecule has 1 aliphatic rings. The Bertz CT molecular complexity index is 885. The Labute approximate surface area is 146 Å². The lowest BCUT2D eigenvalue weighted by atomic mass is 9.97. The molecule has 2 aromatic heterocycles. The minimum absolute atomic E-state index is 0.00104. The number of anilines is 1. The molecule has 3 rings (SSSR count). The van der Waals surface area contributed by atoms with E-state index in [9.17, 15) is 13.2 Å². The first-order chi connectivity index (χ1) is 11.9. The third kappa shape index (κ3) is 4.09. The molecule has 0 radical (unpaired) electrons. The van der Waals surface area contributed by atoms with Crippen molar-refractivity contribution < 1.29 is 8.42 Å². The smallest absolute Gasteiger partial charge is 0.343 e. The fourth-order valence-corrected chi connectivity index (χ4v) is 4.11. The van der Waals surface area contributed by atoms with Crippen molar-refractivity contribution in [2.45, 2.75) is 38.0 Å². The molecular formula is C16H23N5O3S. The van der Waals surface area contributed by atoms with E-state index in [0.717, 1.165) is 37.6 Å². The van der Waals surface area contributed by atoms with Crippen LogP contribution >= 0.6 is 0 Å². The zero-order valence-corrected chi connectivity index (χ0v) is 15.3. The van der Waals surface area contributed by atoms with Gasteiger partial charge in [0.05, 0.1) is 5.75 Å². The molecular weight excluding hydrogens is 342 g/mol. The Morgan fingerprint density at radius 2 is 2.16 bits per heavy atom. The highest BCUT2D eigenvalue weighted by atomic mass is 32.2. The van der Waals surface area contributed by atoms with Crippen molar-refractivity contribution in [3.05, 3.63) is 40.2 Å². The van der Waals surface area contributed by atoms with Crippen molar-refractivity contribution in [3.63, 3.8) is 0 Å². The number of piperidine rings is 1. The molecule has 2 aromatic rings. The number of rotatable bonds is 5. The Morgan fingerprint density at radius 1 is 1.36 bits per heavy atom. The molecule has 0 aliphatic carbocycles. The third-order valence-corrected chi connectivity index (χ3v) is 5.31. The topological polar surface area (TPSA) is 101 Å². The van der Waals surface area contributed by atoms with E-state index in [2.05, 4.69) is 20.1 Å². The highest BCUT2D eigenvalue weighted by Crippen LogP contribution is 2.27. The SMILES string of the molecule is CCn1c([C@@H]2CCCN(c3ccc(CS(C)(=O)=O)cn3)C2)n[nH]c1=O. The van der Waals surface area contributed by atoms with Crippen LogP contribution in [0.3, 0.4) is 0 Å². The van der Waals surface area contributed by atoms with Crippen molar-refractivity contribution in [2.75, 3.05) is 24.2 Å². The van der Waals surface area contributed by atoms with Crippen molar-refractivity contribution in [3.8, 4) is 0 Å². The van der Waals surface area contributed by atoms with Gasteiger partial charge in [0.25, 0.3) is 0 Å². The molecule has 0 amide bonds. The van der Waals surface area contributed by atoms with Gasteiger partial charge in [-0.2, -0.15) is 5.10 Å². The number of nitrogens with one attached hydrogen (secondary N) is 1. The number of hydrogen-bond acceptors (Lipinski definition) is 6. The number of sulfone groups is 1. The highest BCUT2D eigenvalue weighted by Gasteiger charge is 2.26. The summed E-state index contributed by atoms with van der Waals surface area (Å²) in [5, 5.41) is 6.74. The van der Waals surface area contributed by atoms with E-state index in [1.807, 2.05) is 19.1 Å². The molecule has 3 heterocycles. The number of nitrogens with zero attached hydrogens (tertiary/aromatic N) is 4. The molecule has 8 nitrogen and oxygen atoms in total. The van der Waals surface area contributed by atoms with Gasteiger partial charge in [-0.1, -0.05) is 6.07 Å². The minimum atomic E-state index is -3.06. The van der Waals surface area contributed by atoms with Crippen molar-refractivity contribution in [1.29, 1.82) is 0 Å². The molecule has 0 saturated carbocycles. The van der Waals surface area contributed by atoms with Crippen LogP contribution in [0.5, 0.6) is 0 Å². The molecule has 0 unspecified atom stereocenters. The summed E-state index contributed by atoms with van der Waals surface area (Å²) in [5.41, 5.74) is 0.518. The summed E-state index contributed by atoms with van der Waals surface area (Å²) in [6.07, 6.45) is 4.80. The lowest BCUT2D eigenvalue weighted by molar-refractivity contribution is 0.469. The monoisotopic (exact) mass is 365 g/mol. The van der Waals surface area contributed by atoms with Gasteiger partial charge in [-0.25, -0.2) is 23.3 Å². The summed E-state index contributed by atoms with van der Waals surface area (Å²) >= 11 is 0. The zero-order chi connectivity index (χ0) is 18.0. The molecule has 1 aliphatic heterocycles. The molecule has 0 aromatic carbocycles. The van der Waals surface area contributed by atoms with E-state index < -0.39 is 9.84 Å². The molecule has 1 saturated heterocycles. The quantitative estimate of drug-likeness (QED) is 0.845. The molecule has 136 valence electrons. The van der Waals surface area contributed by atoms with Gasteiger partial charge < -0.3 is 4.90 Å². The van der Waals surface area contributed by atoms with Gasteiger partial charge in [0.15, 0.2) is 9.84 Å². The second kappa shape index (κ2) is 6.99. The van der Waals surface area contributed by atoms with E-state index in [1.54, 1.807) is 10.8 Å². The molecule has 1 atom stereocenters. The van der Waals surface area contributed by atoms with E-state index in [-0.39, 0.29) is 17.4 Å². The largest absolute Gasteiger partial charge is 0.356 e. The van der Waals surface area contributed by atoms with Gasteiger partial charge >= 0.3 is 5.69 Å². The summed E-state index contributed by atoms with van der Waals surface area (Å²) in [4.78, 5) is 18.4. The summed E-state index contributed by atoms with van der Waals surface area (Å²) in [6, 6.07) is 3.67. The van der Waals surface area contributed by atoms with E-state index >= 15 is 0 Å². The van der Waals surface area contributed by atoms with Crippen LogP contribution in [0, 0.1) is 0 Å². The van der Waals surface area contributed by atoms with Gasteiger partial charge in [-0.15, -0.1) is 0 Å². The van der Waals surface area contributed by atoms with Crippen molar-refractivity contribution in [1.82, 2.24) is 19.7 Å². The summed E-state index contributed by atoms with van der Waals surface area (Å²) < 4.78 is 24.4. The lowest BCUT2D eigenvalue weighted by Gasteiger charge is -2.33. The Balaban J connectivity index is 1.76. The number of aromatic nitrogens is 4. The van der Waals surface area contributed by atoms with Gasteiger partial charge in [0, 0.05) is 38.0 Å². The van der Waals surface area contributed by atoms with Crippen LogP contribution < -0.4 is 10.6 Å². The van der Waals surface area contributed by atoms with E-state index in [0.29, 0.717) is 12.1 Å². The second-order valence-corrected chi connectivity index (χ2v) is 8.65. The normalized spacial score (nSPS) is 18.5. The Hall–Kier alpha value is -2.16. The van der Waals surface area contributed by atoms with Crippen LogP contribution in [0.1, 0.15) is 37.1 Å². The van der Waals surface area contributed by atoms with Crippen molar-refractivity contribution in [2.24, 2.45) is 0 Å².